The zero-order chi connectivity index (χ0) is 14.2. The summed E-state index contributed by atoms with van der Waals surface area (Å²) < 4.78 is 0. The molecule has 0 spiro atoms. The van der Waals surface area contributed by atoms with E-state index in [1.54, 1.807) is 0 Å². The molecule has 0 radical (unpaired) electrons. The van der Waals surface area contributed by atoms with Crippen LogP contribution in [0, 0.1) is 5.41 Å². The van der Waals surface area contributed by atoms with E-state index in [0.29, 0.717) is 11.3 Å². The van der Waals surface area contributed by atoms with Gasteiger partial charge in [0.2, 0.25) is 0 Å². The van der Waals surface area contributed by atoms with Crippen LogP contribution in [0.5, 0.6) is 0 Å². The van der Waals surface area contributed by atoms with Gasteiger partial charge >= 0.3 is 0 Å². The standard InChI is InChI=1S/C17H28N2S/c1-17(2)10-13(18)15-14(11-17)19-16(20-15)12-8-6-4-3-5-7-9-12/h12-13H,3-11,18H2,1-2H3. The van der Waals surface area contributed by atoms with Crippen LogP contribution in [-0.4, -0.2) is 4.98 Å². The second-order valence-electron chi connectivity index (χ2n) is 7.56. The number of nitrogens with zero attached hydrogens (tertiary/aromatic N) is 1. The smallest absolute Gasteiger partial charge is 0.0962 e. The van der Waals surface area contributed by atoms with Crippen molar-refractivity contribution in [1.82, 2.24) is 4.98 Å². The number of hydrogen-bond acceptors (Lipinski definition) is 3. The fourth-order valence-electron chi connectivity index (χ4n) is 3.89. The first-order valence-corrected chi connectivity index (χ1v) is 9.12. The predicted octanol–water partition coefficient (Wildman–Crippen LogP) is 4.94. The molecule has 1 aromatic heterocycles. The van der Waals surface area contributed by atoms with E-state index >= 15 is 0 Å². The minimum absolute atomic E-state index is 0.216. The molecular formula is C17H28N2S. The van der Waals surface area contributed by atoms with Crippen molar-refractivity contribution in [2.24, 2.45) is 11.1 Å². The molecule has 1 saturated carbocycles. The zero-order valence-corrected chi connectivity index (χ0v) is 13.8. The lowest BCUT2D eigenvalue weighted by Crippen LogP contribution is -2.28. The van der Waals surface area contributed by atoms with Gasteiger partial charge in [-0.3, -0.25) is 0 Å². The maximum absolute atomic E-state index is 6.39. The van der Waals surface area contributed by atoms with E-state index in [1.807, 2.05) is 11.3 Å². The van der Waals surface area contributed by atoms with Crippen LogP contribution >= 0.6 is 11.3 Å². The molecule has 2 N–H and O–H groups in total. The summed E-state index contributed by atoms with van der Waals surface area (Å²) in [6.07, 6.45) is 11.9. The van der Waals surface area contributed by atoms with Crippen molar-refractivity contribution in [2.75, 3.05) is 0 Å². The Labute approximate surface area is 127 Å². The molecule has 1 atom stereocenters. The molecule has 2 aliphatic carbocycles. The van der Waals surface area contributed by atoms with Gasteiger partial charge in [-0.15, -0.1) is 11.3 Å². The molecule has 1 heterocycles. The molecule has 0 aliphatic heterocycles. The maximum atomic E-state index is 6.39. The van der Waals surface area contributed by atoms with Gasteiger partial charge in [0.25, 0.3) is 0 Å². The van der Waals surface area contributed by atoms with Crippen molar-refractivity contribution >= 4 is 11.3 Å². The van der Waals surface area contributed by atoms with E-state index in [4.69, 9.17) is 10.7 Å². The van der Waals surface area contributed by atoms with Crippen LogP contribution in [0.4, 0.5) is 0 Å². The molecule has 0 saturated heterocycles. The lowest BCUT2D eigenvalue weighted by Gasteiger charge is -2.32. The Morgan fingerprint density at radius 1 is 1.10 bits per heavy atom. The Hall–Kier alpha value is -0.410. The molecule has 3 rings (SSSR count). The zero-order valence-electron chi connectivity index (χ0n) is 13.0. The van der Waals surface area contributed by atoms with E-state index in [9.17, 15) is 0 Å². The van der Waals surface area contributed by atoms with Crippen LogP contribution in [0.15, 0.2) is 0 Å². The van der Waals surface area contributed by atoms with E-state index in [2.05, 4.69) is 13.8 Å². The summed E-state index contributed by atoms with van der Waals surface area (Å²) in [5.41, 5.74) is 8.02. The topological polar surface area (TPSA) is 38.9 Å². The van der Waals surface area contributed by atoms with Crippen molar-refractivity contribution in [2.45, 2.75) is 83.6 Å². The van der Waals surface area contributed by atoms with E-state index in [-0.39, 0.29) is 6.04 Å². The summed E-state index contributed by atoms with van der Waals surface area (Å²) in [4.78, 5) is 6.42. The van der Waals surface area contributed by atoms with E-state index < -0.39 is 0 Å². The van der Waals surface area contributed by atoms with E-state index in [0.717, 1.165) is 12.8 Å². The van der Waals surface area contributed by atoms with Gasteiger partial charge in [0.15, 0.2) is 0 Å². The molecule has 0 amide bonds. The molecule has 0 aromatic carbocycles. The third-order valence-electron chi connectivity index (χ3n) is 4.95. The monoisotopic (exact) mass is 292 g/mol. The summed E-state index contributed by atoms with van der Waals surface area (Å²) in [6.45, 7) is 4.65. The van der Waals surface area contributed by atoms with Gasteiger partial charge in [-0.05, 0) is 31.1 Å². The predicted molar refractivity (Wildman–Crippen MR) is 86.2 cm³/mol. The second kappa shape index (κ2) is 5.76. The first-order valence-electron chi connectivity index (χ1n) is 8.30. The average molecular weight is 292 g/mol. The third-order valence-corrected chi connectivity index (χ3v) is 6.35. The molecule has 3 heteroatoms. The summed E-state index contributed by atoms with van der Waals surface area (Å²) in [7, 11) is 0. The largest absolute Gasteiger partial charge is 0.323 e. The van der Waals surface area contributed by atoms with Crippen molar-refractivity contribution in [1.29, 1.82) is 0 Å². The Kier molecular flexibility index (Phi) is 4.19. The minimum atomic E-state index is 0.216. The summed E-state index contributed by atoms with van der Waals surface area (Å²) in [5.74, 6) is 0.709. The molecule has 1 unspecified atom stereocenters. The van der Waals surface area contributed by atoms with E-state index in [1.165, 1.54) is 60.5 Å². The van der Waals surface area contributed by atoms with Gasteiger partial charge in [0.05, 0.1) is 10.7 Å². The quantitative estimate of drug-likeness (QED) is 0.796. The maximum Gasteiger partial charge on any atom is 0.0962 e. The number of rotatable bonds is 1. The summed E-state index contributed by atoms with van der Waals surface area (Å²) in [6, 6.07) is 0.216. The SMILES string of the molecule is CC1(C)Cc2nc(C3CCCCCCC3)sc2C(N)C1. The van der Waals surface area contributed by atoms with Crippen LogP contribution in [0.3, 0.4) is 0 Å². The van der Waals surface area contributed by atoms with Crippen molar-refractivity contribution < 1.29 is 0 Å². The molecule has 2 aliphatic rings. The van der Waals surface area contributed by atoms with Crippen LogP contribution in [0.2, 0.25) is 0 Å². The lowest BCUT2D eigenvalue weighted by atomic mass is 9.77. The fourth-order valence-corrected chi connectivity index (χ4v) is 5.14. The molecule has 0 bridgehead atoms. The van der Waals surface area contributed by atoms with Gasteiger partial charge in [-0.2, -0.15) is 0 Å². The van der Waals surface area contributed by atoms with Crippen LogP contribution in [-0.2, 0) is 6.42 Å². The average Bonchev–Trinajstić information content (AvgIpc) is 2.70. The van der Waals surface area contributed by atoms with Gasteiger partial charge in [-0.25, -0.2) is 4.98 Å². The highest BCUT2D eigenvalue weighted by Crippen LogP contribution is 2.44. The number of nitrogens with two attached hydrogens (primary N) is 1. The summed E-state index contributed by atoms with van der Waals surface area (Å²) >= 11 is 1.93. The van der Waals surface area contributed by atoms with Gasteiger partial charge in [0, 0.05) is 16.8 Å². The van der Waals surface area contributed by atoms with Crippen molar-refractivity contribution in [3.8, 4) is 0 Å². The molecule has 20 heavy (non-hydrogen) atoms. The Morgan fingerprint density at radius 3 is 2.45 bits per heavy atom. The molecule has 2 nitrogen and oxygen atoms in total. The van der Waals surface area contributed by atoms with Crippen LogP contribution in [0.1, 0.15) is 92.8 Å². The number of fused-ring (bicyclic) bond motifs is 1. The van der Waals surface area contributed by atoms with Crippen molar-refractivity contribution in [3.63, 3.8) is 0 Å². The summed E-state index contributed by atoms with van der Waals surface area (Å²) in [5, 5.41) is 1.39. The number of aromatic nitrogens is 1. The normalized spacial score (nSPS) is 27.6. The van der Waals surface area contributed by atoms with Gasteiger partial charge in [0.1, 0.15) is 0 Å². The molecule has 1 aromatic rings. The number of hydrogen-bond donors (Lipinski definition) is 1. The lowest BCUT2D eigenvalue weighted by molar-refractivity contribution is 0.282. The first-order chi connectivity index (χ1) is 9.55. The van der Waals surface area contributed by atoms with Crippen LogP contribution < -0.4 is 5.73 Å². The second-order valence-corrected chi connectivity index (χ2v) is 8.62. The van der Waals surface area contributed by atoms with Crippen molar-refractivity contribution in [3.05, 3.63) is 15.6 Å². The third kappa shape index (κ3) is 3.09. The first kappa shape index (κ1) is 14.5. The highest BCUT2D eigenvalue weighted by atomic mass is 32.1. The molecule has 1 fully saturated rings. The van der Waals surface area contributed by atoms with Gasteiger partial charge < -0.3 is 5.73 Å². The Bertz CT molecular complexity index is 456. The molecule has 112 valence electrons. The minimum Gasteiger partial charge on any atom is -0.323 e. The highest BCUT2D eigenvalue weighted by molar-refractivity contribution is 7.12. The van der Waals surface area contributed by atoms with Crippen LogP contribution in [0.25, 0.3) is 0 Å². The number of thiazole rings is 1. The Morgan fingerprint density at radius 2 is 1.75 bits per heavy atom. The molecular weight excluding hydrogens is 264 g/mol. The highest BCUT2D eigenvalue weighted by Gasteiger charge is 2.34. The fraction of sp³-hybridized carbons (Fsp3) is 0.824. The Balaban J connectivity index is 1.81. The van der Waals surface area contributed by atoms with Gasteiger partial charge in [-0.1, -0.05) is 46.0 Å².